The zero-order valence-electron chi connectivity index (χ0n) is 18.0. The Hall–Kier alpha value is -3.09. The zero-order chi connectivity index (χ0) is 23.3. The van der Waals surface area contributed by atoms with Gasteiger partial charge in [0.05, 0.1) is 11.4 Å². The van der Waals surface area contributed by atoms with E-state index in [9.17, 15) is 13.2 Å². The van der Waals surface area contributed by atoms with E-state index < -0.39 is 9.84 Å². The normalized spacial score (nSPS) is 11.5. The van der Waals surface area contributed by atoms with Crippen molar-refractivity contribution in [1.82, 2.24) is 25.2 Å². The largest absolute Gasteiger partial charge is 0.384 e. The highest BCUT2D eigenvalue weighted by Crippen LogP contribution is 2.23. The van der Waals surface area contributed by atoms with Crippen LogP contribution < -0.4 is 16.4 Å². The third-order valence-corrected chi connectivity index (χ3v) is 7.35. The van der Waals surface area contributed by atoms with Crippen molar-refractivity contribution < 1.29 is 13.2 Å². The molecule has 0 aliphatic carbocycles. The van der Waals surface area contributed by atoms with Gasteiger partial charge in [0, 0.05) is 41.5 Å². The lowest BCUT2D eigenvalue weighted by Crippen LogP contribution is -2.34. The second-order valence-electron chi connectivity index (χ2n) is 7.38. The summed E-state index contributed by atoms with van der Waals surface area (Å²) in [5.41, 5.74) is 8.06. The van der Waals surface area contributed by atoms with Gasteiger partial charge in [-0.05, 0) is 45.3 Å². The van der Waals surface area contributed by atoms with E-state index in [-0.39, 0.29) is 27.6 Å². The smallest absolute Gasteiger partial charge is 0.319 e. The number of carbonyl (C=O) groups excluding carboxylic acids is 1. The molecular formula is C20H25N7O3S2. The second kappa shape index (κ2) is 10.0. The molecular weight excluding hydrogens is 450 g/mol. The quantitative estimate of drug-likeness (QED) is 0.450. The fourth-order valence-electron chi connectivity index (χ4n) is 2.72. The van der Waals surface area contributed by atoms with Crippen LogP contribution in [0.5, 0.6) is 0 Å². The molecule has 3 rings (SSSR count). The number of nitrogens with two attached hydrogens (primary N) is 1. The van der Waals surface area contributed by atoms with Crippen LogP contribution in [0.2, 0.25) is 0 Å². The molecule has 0 spiro atoms. The molecule has 0 radical (unpaired) electrons. The maximum absolute atomic E-state index is 12.6. The van der Waals surface area contributed by atoms with Gasteiger partial charge in [0.2, 0.25) is 14.2 Å². The molecule has 12 heteroatoms. The first-order chi connectivity index (χ1) is 15.1. The summed E-state index contributed by atoms with van der Waals surface area (Å²) < 4.78 is 25.3. The first-order valence-electron chi connectivity index (χ1n) is 9.71. The minimum absolute atomic E-state index is 0.0491. The molecule has 3 aromatic rings. The predicted molar refractivity (Wildman–Crippen MR) is 125 cm³/mol. The number of aryl methyl sites for hydroxylation is 1. The topological polar surface area (TPSA) is 143 Å². The van der Waals surface area contributed by atoms with Crippen LogP contribution in [0, 0.1) is 6.92 Å². The Balaban J connectivity index is 1.72. The SMILES string of the molecule is Cc1csc(S(=O)(=O)Cc2cc(N)nc(-c3ccc(NC(=O)NCCN(C)C)cc3)n2)n1. The third-order valence-electron chi connectivity index (χ3n) is 4.25. The van der Waals surface area contributed by atoms with E-state index in [0.717, 1.165) is 17.9 Å². The molecule has 2 heterocycles. The van der Waals surface area contributed by atoms with Crippen molar-refractivity contribution in [3.8, 4) is 11.4 Å². The lowest BCUT2D eigenvalue weighted by Gasteiger charge is -2.11. The standard InChI is InChI=1S/C20H25N7O3S2/c1-13-11-31-20(23-13)32(29,30)12-16-10-17(21)26-18(24-16)14-4-6-15(7-5-14)25-19(28)22-8-9-27(2)3/h4-7,10-11H,8-9,12H2,1-3H3,(H2,21,24,26)(H2,22,25,28). The number of urea groups is 1. The lowest BCUT2D eigenvalue weighted by molar-refractivity contribution is 0.250. The van der Waals surface area contributed by atoms with Gasteiger partial charge in [-0.15, -0.1) is 11.3 Å². The van der Waals surface area contributed by atoms with Crippen LogP contribution in [0.1, 0.15) is 11.4 Å². The Morgan fingerprint density at radius 1 is 1.16 bits per heavy atom. The molecule has 170 valence electrons. The van der Waals surface area contributed by atoms with E-state index in [0.29, 0.717) is 29.3 Å². The monoisotopic (exact) mass is 475 g/mol. The van der Waals surface area contributed by atoms with Crippen molar-refractivity contribution in [2.24, 2.45) is 0 Å². The first-order valence-corrected chi connectivity index (χ1v) is 12.2. The molecule has 0 atom stereocenters. The number of hydrogen-bond donors (Lipinski definition) is 3. The fraction of sp³-hybridized carbons (Fsp3) is 0.300. The molecule has 1 aromatic carbocycles. The lowest BCUT2D eigenvalue weighted by atomic mass is 10.2. The van der Waals surface area contributed by atoms with E-state index in [1.165, 1.54) is 6.07 Å². The van der Waals surface area contributed by atoms with Crippen LogP contribution in [0.25, 0.3) is 11.4 Å². The number of rotatable bonds is 8. The van der Waals surface area contributed by atoms with Gasteiger partial charge in [0.1, 0.15) is 5.82 Å². The number of aromatic nitrogens is 3. The summed E-state index contributed by atoms with van der Waals surface area (Å²) in [7, 11) is 0.219. The molecule has 10 nitrogen and oxygen atoms in total. The Morgan fingerprint density at radius 3 is 2.50 bits per heavy atom. The van der Waals surface area contributed by atoms with Gasteiger partial charge in [-0.3, -0.25) is 0 Å². The summed E-state index contributed by atoms with van der Waals surface area (Å²) in [5.74, 6) is 0.136. The van der Waals surface area contributed by atoms with E-state index in [1.807, 2.05) is 19.0 Å². The zero-order valence-corrected chi connectivity index (χ0v) is 19.6. The number of amides is 2. The van der Waals surface area contributed by atoms with E-state index in [1.54, 1.807) is 36.6 Å². The summed E-state index contributed by atoms with van der Waals surface area (Å²) in [4.78, 5) is 26.6. The number of anilines is 2. The number of likely N-dealkylation sites (N-methyl/N-ethyl adjacent to an activating group) is 1. The Bertz CT molecular complexity index is 1190. The molecule has 0 bridgehead atoms. The summed E-state index contributed by atoms with van der Waals surface area (Å²) in [6.07, 6.45) is 0. The van der Waals surface area contributed by atoms with Gasteiger partial charge in [-0.1, -0.05) is 0 Å². The average Bonchev–Trinajstić information content (AvgIpc) is 3.15. The Labute approximate surface area is 190 Å². The van der Waals surface area contributed by atoms with Crippen molar-refractivity contribution in [1.29, 1.82) is 0 Å². The fourth-order valence-corrected chi connectivity index (χ4v) is 5.10. The Kier molecular flexibility index (Phi) is 7.38. The van der Waals surface area contributed by atoms with Crippen molar-refractivity contribution in [3.63, 3.8) is 0 Å². The number of sulfone groups is 1. The van der Waals surface area contributed by atoms with E-state index in [2.05, 4.69) is 25.6 Å². The first kappa shape index (κ1) is 23.6. The highest BCUT2D eigenvalue weighted by Gasteiger charge is 2.21. The van der Waals surface area contributed by atoms with Crippen LogP contribution in [0.4, 0.5) is 16.3 Å². The van der Waals surface area contributed by atoms with E-state index >= 15 is 0 Å². The van der Waals surface area contributed by atoms with Gasteiger partial charge >= 0.3 is 6.03 Å². The maximum atomic E-state index is 12.6. The van der Waals surface area contributed by atoms with Crippen molar-refractivity contribution in [2.75, 3.05) is 38.2 Å². The van der Waals surface area contributed by atoms with Crippen LogP contribution in [-0.2, 0) is 15.6 Å². The molecule has 0 aliphatic heterocycles. The van der Waals surface area contributed by atoms with Gasteiger partial charge in [0.25, 0.3) is 0 Å². The molecule has 32 heavy (non-hydrogen) atoms. The highest BCUT2D eigenvalue weighted by atomic mass is 32.2. The summed E-state index contributed by atoms with van der Waals surface area (Å²) in [5, 5.41) is 7.20. The number of benzene rings is 1. The number of hydrogen-bond acceptors (Lipinski definition) is 9. The summed E-state index contributed by atoms with van der Waals surface area (Å²) in [6, 6.07) is 8.02. The number of carbonyl (C=O) groups is 1. The molecule has 4 N–H and O–H groups in total. The Morgan fingerprint density at radius 2 is 1.88 bits per heavy atom. The maximum Gasteiger partial charge on any atom is 0.319 e. The van der Waals surface area contributed by atoms with Crippen molar-refractivity contribution in [2.45, 2.75) is 17.0 Å². The van der Waals surface area contributed by atoms with Crippen LogP contribution >= 0.6 is 11.3 Å². The molecule has 0 aliphatic rings. The second-order valence-corrected chi connectivity index (χ2v) is 10.4. The molecule has 0 saturated carbocycles. The highest BCUT2D eigenvalue weighted by molar-refractivity contribution is 7.92. The average molecular weight is 476 g/mol. The van der Waals surface area contributed by atoms with Crippen molar-refractivity contribution in [3.05, 3.63) is 47.1 Å². The van der Waals surface area contributed by atoms with E-state index in [4.69, 9.17) is 5.73 Å². The summed E-state index contributed by atoms with van der Waals surface area (Å²) in [6.45, 7) is 3.00. The van der Waals surface area contributed by atoms with Crippen molar-refractivity contribution >= 4 is 38.7 Å². The number of nitrogens with zero attached hydrogens (tertiary/aromatic N) is 4. The van der Waals surface area contributed by atoms with Gasteiger partial charge in [-0.2, -0.15) is 0 Å². The third kappa shape index (κ3) is 6.45. The minimum atomic E-state index is -3.64. The van der Waals surface area contributed by atoms with Crippen LogP contribution in [-0.4, -0.2) is 61.5 Å². The van der Waals surface area contributed by atoms with Gasteiger partial charge in [0.15, 0.2) is 5.82 Å². The number of nitrogen functional groups attached to an aromatic ring is 1. The van der Waals surface area contributed by atoms with Gasteiger partial charge in [-0.25, -0.2) is 28.2 Å². The molecule has 0 saturated heterocycles. The van der Waals surface area contributed by atoms with Crippen LogP contribution in [0.3, 0.4) is 0 Å². The number of nitrogens with one attached hydrogen (secondary N) is 2. The predicted octanol–water partition coefficient (Wildman–Crippen LogP) is 2.15. The number of thiazole rings is 1. The van der Waals surface area contributed by atoms with Crippen LogP contribution in [0.15, 0.2) is 40.1 Å². The van der Waals surface area contributed by atoms with Gasteiger partial charge < -0.3 is 21.3 Å². The summed E-state index contributed by atoms with van der Waals surface area (Å²) >= 11 is 1.08. The molecule has 2 aromatic heterocycles. The molecule has 0 unspecified atom stereocenters. The minimum Gasteiger partial charge on any atom is -0.384 e. The molecule has 2 amide bonds. The molecule has 0 fully saturated rings.